The summed E-state index contributed by atoms with van der Waals surface area (Å²) in [4.78, 5) is -0.368. The molecule has 1 N–H and O–H groups in total. The Labute approximate surface area is 69.4 Å². The molecule has 0 unspecified atom stereocenters. The molecule has 1 rings (SSSR count). The van der Waals surface area contributed by atoms with Gasteiger partial charge < -0.3 is 5.11 Å². The predicted molar refractivity (Wildman–Crippen MR) is 41.3 cm³/mol. The average molecular weight is 190 g/mol. The summed E-state index contributed by atoms with van der Waals surface area (Å²) >= 11 is 0. The van der Waals surface area contributed by atoms with Gasteiger partial charge >= 0.3 is 0 Å². The van der Waals surface area contributed by atoms with Crippen LogP contribution in [0.1, 0.15) is 0 Å². The Bertz CT molecular complexity index is 372. The second-order valence-corrected chi connectivity index (χ2v) is 4.08. The molecule has 5 heteroatoms. The van der Waals surface area contributed by atoms with E-state index in [1.54, 1.807) is 0 Å². The topological polar surface area (TPSA) is 54.4 Å². The molecule has 0 fully saturated rings. The van der Waals surface area contributed by atoms with Crippen LogP contribution in [0.3, 0.4) is 0 Å². The molecule has 3 nitrogen and oxygen atoms in total. The minimum absolute atomic E-state index is 0.368. The highest BCUT2D eigenvalue weighted by Crippen LogP contribution is 2.22. The third kappa shape index (κ3) is 1.55. The predicted octanol–water partition coefficient (Wildman–Crippen LogP) is 1.09. The molecule has 0 amide bonds. The summed E-state index contributed by atoms with van der Waals surface area (Å²) in [6.45, 7) is 0. The normalized spacial score (nSPS) is 11.4. The highest BCUT2D eigenvalue weighted by molar-refractivity contribution is 7.91. The van der Waals surface area contributed by atoms with Gasteiger partial charge in [-0.25, -0.2) is 12.8 Å². The number of rotatable bonds is 2. The number of halogens is 1. The fourth-order valence-electron chi connectivity index (χ4n) is 0.779. The van der Waals surface area contributed by atoms with Gasteiger partial charge in [0, 0.05) is 0 Å². The Morgan fingerprint density at radius 3 is 2.42 bits per heavy atom. The maximum atomic E-state index is 11.9. The molecule has 0 aliphatic carbocycles. The van der Waals surface area contributed by atoms with Crippen LogP contribution in [0.15, 0.2) is 29.2 Å². The van der Waals surface area contributed by atoms with Gasteiger partial charge in [-0.2, -0.15) is 0 Å². The molecule has 0 saturated carbocycles. The molecule has 0 saturated heterocycles. The summed E-state index contributed by atoms with van der Waals surface area (Å²) in [5.74, 6) is -0.421. The molecule has 0 bridgehead atoms. The summed E-state index contributed by atoms with van der Waals surface area (Å²) in [6.07, 6.45) is 0. The first-order valence-electron chi connectivity index (χ1n) is 3.14. The van der Waals surface area contributed by atoms with E-state index in [-0.39, 0.29) is 4.90 Å². The minimum Gasteiger partial charge on any atom is -0.507 e. The van der Waals surface area contributed by atoms with Crippen LogP contribution in [0.25, 0.3) is 0 Å². The number of benzene rings is 1. The van der Waals surface area contributed by atoms with Crippen LogP contribution in [-0.4, -0.2) is 19.5 Å². The van der Waals surface area contributed by atoms with Crippen LogP contribution in [0.4, 0.5) is 4.39 Å². The number of hydrogen-bond donors (Lipinski definition) is 1. The van der Waals surface area contributed by atoms with Gasteiger partial charge in [-0.1, -0.05) is 12.1 Å². The Morgan fingerprint density at radius 2 is 1.92 bits per heavy atom. The first-order chi connectivity index (χ1) is 5.58. The lowest BCUT2D eigenvalue weighted by molar-refractivity contribution is 0.456. The lowest BCUT2D eigenvalue weighted by Gasteiger charge is -2.00. The summed E-state index contributed by atoms with van der Waals surface area (Å²) in [7, 11) is -3.95. The van der Waals surface area contributed by atoms with Gasteiger partial charge in [-0.15, -0.1) is 0 Å². The summed E-state index contributed by atoms with van der Waals surface area (Å²) in [6, 6.07) is 3.74. The van der Waals surface area contributed by atoms with E-state index in [0.717, 1.165) is 6.07 Å². The zero-order valence-corrected chi connectivity index (χ0v) is 6.88. The first kappa shape index (κ1) is 8.99. The fraction of sp³-hybridized carbons (Fsp3) is 0.143. The van der Waals surface area contributed by atoms with Crippen LogP contribution >= 0.6 is 0 Å². The molecule has 0 aromatic heterocycles. The molecule has 66 valence electrons. The van der Waals surface area contributed by atoms with E-state index in [1.807, 2.05) is 0 Å². The lowest BCUT2D eigenvalue weighted by atomic mass is 10.3. The third-order valence-electron chi connectivity index (χ3n) is 1.34. The van der Waals surface area contributed by atoms with Gasteiger partial charge in [0.1, 0.15) is 10.6 Å². The molecule has 0 heterocycles. The second-order valence-electron chi connectivity index (χ2n) is 2.19. The maximum absolute atomic E-state index is 11.9. The van der Waals surface area contributed by atoms with Crippen molar-refractivity contribution in [3.63, 3.8) is 0 Å². The van der Waals surface area contributed by atoms with Gasteiger partial charge in [0.15, 0.2) is 6.01 Å². The molecule has 1 aromatic carbocycles. The van der Waals surface area contributed by atoms with E-state index in [1.165, 1.54) is 18.2 Å². The van der Waals surface area contributed by atoms with E-state index in [0.29, 0.717) is 0 Å². The minimum atomic E-state index is -3.95. The van der Waals surface area contributed by atoms with Crippen molar-refractivity contribution in [2.75, 3.05) is 6.01 Å². The van der Waals surface area contributed by atoms with Crippen LogP contribution < -0.4 is 0 Å². The Hall–Kier alpha value is -1.10. The fourth-order valence-corrected chi connectivity index (χ4v) is 1.57. The molecule has 1 aromatic rings. The monoisotopic (exact) mass is 190 g/mol. The zero-order chi connectivity index (χ0) is 9.19. The maximum Gasteiger partial charge on any atom is 0.211 e. The molecule has 0 spiro atoms. The molecule has 0 aliphatic heterocycles. The summed E-state index contributed by atoms with van der Waals surface area (Å²) < 4.78 is 33.7. The molecular weight excluding hydrogens is 183 g/mol. The van der Waals surface area contributed by atoms with Crippen molar-refractivity contribution < 1.29 is 17.9 Å². The summed E-state index contributed by atoms with van der Waals surface area (Å²) in [5, 5.41) is 9.03. The number of sulfone groups is 1. The molecule has 0 atom stereocenters. The van der Waals surface area contributed by atoms with Crippen molar-refractivity contribution in [2.24, 2.45) is 0 Å². The number of phenolic OH excluding ortho intramolecular Hbond substituents is 1. The van der Waals surface area contributed by atoms with Crippen LogP contribution in [0, 0.1) is 0 Å². The molecule has 0 radical (unpaired) electrons. The SMILES string of the molecule is O=S(=O)(CF)c1ccccc1O. The zero-order valence-electron chi connectivity index (χ0n) is 6.07. The Kier molecular flexibility index (Phi) is 2.32. The highest BCUT2D eigenvalue weighted by atomic mass is 32.2. The van der Waals surface area contributed by atoms with Gasteiger partial charge in [-0.05, 0) is 12.1 Å². The van der Waals surface area contributed by atoms with Gasteiger partial charge in [0.05, 0.1) is 0 Å². The van der Waals surface area contributed by atoms with Crippen molar-refractivity contribution >= 4 is 9.84 Å². The highest BCUT2D eigenvalue weighted by Gasteiger charge is 2.16. The van der Waals surface area contributed by atoms with Crippen LogP contribution in [-0.2, 0) is 9.84 Å². The van der Waals surface area contributed by atoms with Gasteiger partial charge in [0.2, 0.25) is 9.84 Å². The average Bonchev–Trinajstić information content (AvgIpc) is 2.05. The van der Waals surface area contributed by atoms with Crippen LogP contribution in [0.2, 0.25) is 0 Å². The van der Waals surface area contributed by atoms with Gasteiger partial charge in [0.25, 0.3) is 0 Å². The quantitative estimate of drug-likeness (QED) is 0.759. The van der Waals surface area contributed by atoms with Crippen LogP contribution in [0.5, 0.6) is 5.75 Å². The van der Waals surface area contributed by atoms with Crippen molar-refractivity contribution in [1.29, 1.82) is 0 Å². The summed E-state index contributed by atoms with van der Waals surface area (Å²) in [5.41, 5.74) is 0. The molecule has 12 heavy (non-hydrogen) atoms. The molecular formula is C7H7FO3S. The number of hydrogen-bond acceptors (Lipinski definition) is 3. The second kappa shape index (κ2) is 3.10. The Morgan fingerprint density at radius 1 is 1.33 bits per heavy atom. The first-order valence-corrected chi connectivity index (χ1v) is 4.80. The molecule has 0 aliphatic rings. The van der Waals surface area contributed by atoms with E-state index in [2.05, 4.69) is 0 Å². The van der Waals surface area contributed by atoms with Crippen molar-refractivity contribution in [3.05, 3.63) is 24.3 Å². The number of aromatic hydroxyl groups is 1. The number of phenols is 1. The number of para-hydroxylation sites is 1. The lowest BCUT2D eigenvalue weighted by Crippen LogP contribution is -2.02. The van der Waals surface area contributed by atoms with Gasteiger partial charge in [-0.3, -0.25) is 0 Å². The van der Waals surface area contributed by atoms with E-state index < -0.39 is 21.6 Å². The third-order valence-corrected chi connectivity index (χ3v) is 2.65. The van der Waals surface area contributed by atoms with E-state index in [4.69, 9.17) is 5.11 Å². The van der Waals surface area contributed by atoms with Crippen molar-refractivity contribution in [2.45, 2.75) is 4.90 Å². The van der Waals surface area contributed by atoms with Crippen molar-refractivity contribution in [1.82, 2.24) is 0 Å². The van der Waals surface area contributed by atoms with E-state index in [9.17, 15) is 12.8 Å². The Balaban J connectivity index is 3.30. The van der Waals surface area contributed by atoms with Crippen molar-refractivity contribution in [3.8, 4) is 5.75 Å². The van der Waals surface area contributed by atoms with E-state index >= 15 is 0 Å². The smallest absolute Gasteiger partial charge is 0.211 e. The largest absolute Gasteiger partial charge is 0.507 e. The number of alkyl halides is 1. The standard InChI is InChI=1S/C7H7FO3S/c8-5-12(10,11)7-4-2-1-3-6(7)9/h1-4,9H,5H2.